The van der Waals surface area contributed by atoms with E-state index < -0.39 is 0 Å². The SMILES string of the molecule is Cc1cccc(NC(=O)CSc2ncnc3ccsc23)c1C. The molecule has 1 N–H and O–H groups in total. The number of rotatable bonds is 4. The number of carbonyl (C=O) groups excluding carboxylic acids is 1. The number of thioether (sulfide) groups is 1. The molecule has 3 aromatic rings. The van der Waals surface area contributed by atoms with Crippen LogP contribution in [0.4, 0.5) is 5.69 Å². The molecule has 6 heteroatoms. The second kappa shape index (κ2) is 6.46. The maximum Gasteiger partial charge on any atom is 0.234 e. The molecular formula is C16H15N3OS2. The van der Waals surface area contributed by atoms with Crippen molar-refractivity contribution in [3.63, 3.8) is 0 Å². The Morgan fingerprint density at radius 1 is 1.27 bits per heavy atom. The van der Waals surface area contributed by atoms with Gasteiger partial charge < -0.3 is 5.32 Å². The van der Waals surface area contributed by atoms with E-state index in [4.69, 9.17) is 0 Å². The smallest absolute Gasteiger partial charge is 0.234 e. The minimum Gasteiger partial charge on any atom is -0.325 e. The molecule has 0 atom stereocenters. The number of aryl methyl sites for hydroxylation is 1. The van der Waals surface area contributed by atoms with Crippen molar-refractivity contribution in [1.29, 1.82) is 0 Å². The van der Waals surface area contributed by atoms with Crippen LogP contribution in [-0.4, -0.2) is 21.6 Å². The van der Waals surface area contributed by atoms with Crippen molar-refractivity contribution in [2.75, 3.05) is 11.1 Å². The van der Waals surface area contributed by atoms with Crippen molar-refractivity contribution in [1.82, 2.24) is 9.97 Å². The maximum atomic E-state index is 12.2. The van der Waals surface area contributed by atoms with Crippen molar-refractivity contribution >= 4 is 44.9 Å². The molecule has 0 aliphatic rings. The molecule has 0 saturated carbocycles. The van der Waals surface area contributed by atoms with Crippen LogP contribution in [-0.2, 0) is 4.79 Å². The summed E-state index contributed by atoms with van der Waals surface area (Å²) in [6.07, 6.45) is 1.54. The molecule has 0 bridgehead atoms. The van der Waals surface area contributed by atoms with Gasteiger partial charge in [-0.15, -0.1) is 11.3 Å². The first-order chi connectivity index (χ1) is 10.6. The Kier molecular flexibility index (Phi) is 4.40. The quantitative estimate of drug-likeness (QED) is 0.580. The molecule has 0 aliphatic heterocycles. The van der Waals surface area contributed by atoms with E-state index in [0.717, 1.165) is 26.5 Å². The van der Waals surface area contributed by atoms with Gasteiger partial charge in [0.25, 0.3) is 0 Å². The molecule has 3 rings (SSSR count). The highest BCUT2D eigenvalue weighted by Crippen LogP contribution is 2.28. The zero-order valence-electron chi connectivity index (χ0n) is 12.3. The van der Waals surface area contributed by atoms with Gasteiger partial charge in [-0.1, -0.05) is 23.9 Å². The fourth-order valence-corrected chi connectivity index (χ4v) is 3.82. The Labute approximate surface area is 137 Å². The molecule has 0 unspecified atom stereocenters. The van der Waals surface area contributed by atoms with Crippen LogP contribution in [0, 0.1) is 13.8 Å². The van der Waals surface area contributed by atoms with Crippen LogP contribution in [0.1, 0.15) is 11.1 Å². The van der Waals surface area contributed by atoms with E-state index in [2.05, 4.69) is 15.3 Å². The fraction of sp³-hybridized carbons (Fsp3) is 0.188. The Hall–Kier alpha value is -1.92. The summed E-state index contributed by atoms with van der Waals surface area (Å²) >= 11 is 3.04. The lowest BCUT2D eigenvalue weighted by Gasteiger charge is -2.10. The number of nitrogens with zero attached hydrogens (tertiary/aromatic N) is 2. The van der Waals surface area contributed by atoms with E-state index in [-0.39, 0.29) is 5.91 Å². The third-order valence-electron chi connectivity index (χ3n) is 3.43. The monoisotopic (exact) mass is 329 g/mol. The molecule has 4 nitrogen and oxygen atoms in total. The van der Waals surface area contributed by atoms with Gasteiger partial charge in [-0.05, 0) is 42.5 Å². The summed E-state index contributed by atoms with van der Waals surface area (Å²) in [5.74, 6) is 0.305. The second-order valence-electron chi connectivity index (χ2n) is 4.90. The number of hydrogen-bond donors (Lipinski definition) is 1. The van der Waals surface area contributed by atoms with E-state index in [1.54, 1.807) is 17.7 Å². The van der Waals surface area contributed by atoms with Crippen LogP contribution in [0.2, 0.25) is 0 Å². The first-order valence-corrected chi connectivity index (χ1v) is 8.69. The van der Waals surface area contributed by atoms with Crippen LogP contribution in [0.3, 0.4) is 0 Å². The highest BCUT2D eigenvalue weighted by molar-refractivity contribution is 8.00. The summed E-state index contributed by atoms with van der Waals surface area (Å²) in [7, 11) is 0. The number of hydrogen-bond acceptors (Lipinski definition) is 5. The molecule has 1 amide bonds. The molecule has 0 spiro atoms. The fourth-order valence-electron chi connectivity index (χ4n) is 2.08. The lowest BCUT2D eigenvalue weighted by atomic mass is 10.1. The number of fused-ring (bicyclic) bond motifs is 1. The van der Waals surface area contributed by atoms with Crippen LogP contribution < -0.4 is 5.32 Å². The minimum absolute atomic E-state index is 0.0259. The number of amides is 1. The normalized spacial score (nSPS) is 10.8. The van der Waals surface area contributed by atoms with Gasteiger partial charge in [0.05, 0.1) is 16.0 Å². The van der Waals surface area contributed by atoms with E-state index in [1.807, 2.05) is 43.5 Å². The average Bonchev–Trinajstić information content (AvgIpc) is 2.99. The Morgan fingerprint density at radius 2 is 2.14 bits per heavy atom. The van der Waals surface area contributed by atoms with Crippen LogP contribution in [0.15, 0.2) is 41.0 Å². The van der Waals surface area contributed by atoms with E-state index >= 15 is 0 Å². The average molecular weight is 329 g/mol. The van der Waals surface area contributed by atoms with E-state index in [9.17, 15) is 4.79 Å². The first-order valence-electron chi connectivity index (χ1n) is 6.82. The van der Waals surface area contributed by atoms with Gasteiger partial charge in [-0.2, -0.15) is 0 Å². The predicted octanol–water partition coefficient (Wildman–Crippen LogP) is 4.04. The Bertz CT molecular complexity index is 829. The number of anilines is 1. The number of carbonyl (C=O) groups is 1. The maximum absolute atomic E-state index is 12.2. The number of aromatic nitrogens is 2. The predicted molar refractivity (Wildman–Crippen MR) is 92.7 cm³/mol. The summed E-state index contributed by atoms with van der Waals surface area (Å²) in [6, 6.07) is 7.87. The van der Waals surface area contributed by atoms with E-state index in [0.29, 0.717) is 5.75 Å². The molecule has 0 saturated heterocycles. The molecule has 0 radical (unpaired) electrons. The van der Waals surface area contributed by atoms with Crippen molar-refractivity contribution in [2.24, 2.45) is 0 Å². The van der Waals surface area contributed by atoms with Crippen molar-refractivity contribution in [3.8, 4) is 0 Å². The molecule has 0 aliphatic carbocycles. The first kappa shape index (κ1) is 15.0. The summed E-state index contributed by atoms with van der Waals surface area (Å²) in [5, 5.41) is 5.81. The zero-order valence-corrected chi connectivity index (χ0v) is 13.9. The van der Waals surface area contributed by atoms with Crippen LogP contribution in [0.25, 0.3) is 10.2 Å². The molecule has 2 heterocycles. The van der Waals surface area contributed by atoms with Crippen LogP contribution >= 0.6 is 23.1 Å². The van der Waals surface area contributed by atoms with Gasteiger partial charge in [-0.3, -0.25) is 4.79 Å². The topological polar surface area (TPSA) is 54.9 Å². The summed E-state index contributed by atoms with van der Waals surface area (Å²) < 4.78 is 1.03. The summed E-state index contributed by atoms with van der Waals surface area (Å²) in [5.41, 5.74) is 4.07. The molecule has 112 valence electrons. The third kappa shape index (κ3) is 3.13. The molecule has 22 heavy (non-hydrogen) atoms. The van der Waals surface area contributed by atoms with Gasteiger partial charge >= 0.3 is 0 Å². The highest BCUT2D eigenvalue weighted by atomic mass is 32.2. The van der Waals surface area contributed by atoms with Gasteiger partial charge in [0.1, 0.15) is 11.4 Å². The summed E-state index contributed by atoms with van der Waals surface area (Å²) in [6.45, 7) is 4.05. The van der Waals surface area contributed by atoms with Gasteiger partial charge in [0.15, 0.2) is 0 Å². The van der Waals surface area contributed by atoms with E-state index in [1.165, 1.54) is 17.3 Å². The minimum atomic E-state index is -0.0259. The Morgan fingerprint density at radius 3 is 3.00 bits per heavy atom. The number of nitrogens with one attached hydrogen (secondary N) is 1. The highest BCUT2D eigenvalue weighted by Gasteiger charge is 2.10. The number of thiophene rings is 1. The number of benzene rings is 1. The molecule has 0 fully saturated rings. The van der Waals surface area contributed by atoms with Gasteiger partial charge in [0.2, 0.25) is 5.91 Å². The van der Waals surface area contributed by atoms with Gasteiger partial charge in [-0.25, -0.2) is 9.97 Å². The molecule has 2 aromatic heterocycles. The standard InChI is InChI=1S/C16H15N3OS2/c1-10-4-3-5-12(11(10)2)19-14(20)8-22-16-15-13(6-7-21-15)17-9-18-16/h3-7,9H,8H2,1-2H3,(H,19,20). The lowest BCUT2D eigenvalue weighted by molar-refractivity contribution is -0.113. The zero-order chi connectivity index (χ0) is 15.5. The molecule has 1 aromatic carbocycles. The molecular weight excluding hydrogens is 314 g/mol. The summed E-state index contributed by atoms with van der Waals surface area (Å²) in [4.78, 5) is 20.6. The largest absolute Gasteiger partial charge is 0.325 e. The second-order valence-corrected chi connectivity index (χ2v) is 6.78. The van der Waals surface area contributed by atoms with Crippen molar-refractivity contribution in [3.05, 3.63) is 47.1 Å². The third-order valence-corrected chi connectivity index (χ3v) is 5.46. The van der Waals surface area contributed by atoms with Gasteiger partial charge in [0, 0.05) is 5.69 Å². The van der Waals surface area contributed by atoms with Crippen molar-refractivity contribution in [2.45, 2.75) is 18.9 Å². The van der Waals surface area contributed by atoms with Crippen LogP contribution in [0.5, 0.6) is 0 Å². The lowest BCUT2D eigenvalue weighted by Crippen LogP contribution is -2.15. The Balaban J connectivity index is 1.68. The van der Waals surface area contributed by atoms with Crippen molar-refractivity contribution < 1.29 is 4.79 Å².